The molecule has 1 aromatic rings. The Morgan fingerprint density at radius 2 is 2.04 bits per heavy atom. The maximum Gasteiger partial charge on any atom is 0.352 e. The molecule has 1 fully saturated rings. The largest absolute Gasteiger partial charge is 0.477 e. The number of allylic oxidation sites excluding steroid dienone is 1. The molecular formula is C25H28N10O7S3. The first kappa shape index (κ1) is 32.0. The number of β-lactam (4-membered cyclic amide) rings is 1. The third-order valence-electron chi connectivity index (χ3n) is 6.51. The number of thioether (sulfide) groups is 2. The molecule has 0 radical (unpaired) electrons. The van der Waals surface area contributed by atoms with E-state index in [2.05, 4.69) is 26.0 Å². The molecule has 2 atom stereocenters. The molecule has 7 N–H and O–H groups in total. The van der Waals surface area contributed by atoms with Gasteiger partial charge in [0.2, 0.25) is 0 Å². The van der Waals surface area contributed by atoms with Crippen LogP contribution in [0.1, 0.15) is 33.4 Å². The maximum atomic E-state index is 13.3. The molecule has 17 nitrogen and oxygen atoms in total. The third-order valence-corrected chi connectivity index (χ3v) is 9.61. The number of carbonyl (C=O) groups is 5. The van der Waals surface area contributed by atoms with Crippen molar-refractivity contribution in [1.29, 1.82) is 0 Å². The van der Waals surface area contributed by atoms with Gasteiger partial charge in [-0.15, -0.1) is 40.4 Å². The number of carboxylic acids is 1. The van der Waals surface area contributed by atoms with Gasteiger partial charge in [-0.2, -0.15) is 0 Å². The Bertz CT molecular complexity index is 1660. The molecule has 5 heterocycles. The molecule has 4 amide bonds. The van der Waals surface area contributed by atoms with Crippen LogP contribution in [-0.2, 0) is 24.0 Å². The van der Waals surface area contributed by atoms with Gasteiger partial charge >= 0.3 is 18.0 Å². The summed E-state index contributed by atoms with van der Waals surface area (Å²) in [5.74, 6) is -2.59. The summed E-state index contributed by atoms with van der Waals surface area (Å²) >= 11 is 3.61. The molecule has 1 saturated heterocycles. The van der Waals surface area contributed by atoms with E-state index in [4.69, 9.17) is 16.3 Å². The number of nitrogen functional groups attached to an aromatic ring is 1. The quantitative estimate of drug-likeness (QED) is 0.111. The number of fused-ring (bicyclic) bond motifs is 2. The second-order valence-electron chi connectivity index (χ2n) is 10.9. The highest BCUT2D eigenvalue weighted by Crippen LogP contribution is 2.42. The van der Waals surface area contributed by atoms with Gasteiger partial charge in [0.15, 0.2) is 16.7 Å². The second kappa shape index (κ2) is 12.2. The number of carbonyl (C=O) groups excluding carboxylic acids is 4. The molecule has 4 aliphatic heterocycles. The van der Waals surface area contributed by atoms with Gasteiger partial charge in [0.05, 0.1) is 16.6 Å². The maximum absolute atomic E-state index is 13.3. The number of aliphatic carboxylic acids is 1. The lowest BCUT2D eigenvalue weighted by atomic mass is 9.98. The highest BCUT2D eigenvalue weighted by molar-refractivity contribution is 8.03. The summed E-state index contributed by atoms with van der Waals surface area (Å²) in [7, 11) is 0. The third kappa shape index (κ3) is 6.39. The van der Waals surface area contributed by atoms with E-state index in [-0.39, 0.29) is 33.7 Å². The Labute approximate surface area is 268 Å². The standard InChI is InChI=1S/C25H28N10O7S3/c1-10-5-14(35-13(28-10)6-33(32-35)24(27)41)43-7-11-8-44-20-16(19(37)34(20)17(11)21(38)39)30-18(36)15(12-9-45-23(26)29-12)31-42-22(40)25(2,3)4/h5-6,9,16,20,32H,7-8H2,1-4H3,(H2,26,29)(H2,27,41)(H,30,36)(H,38,39)/b31-15-/t16-,20-/m1/s1. The molecule has 0 aliphatic carbocycles. The van der Waals surface area contributed by atoms with Crippen molar-refractivity contribution in [3.63, 3.8) is 0 Å². The number of aliphatic imine (C=N–C) groups is 1. The zero-order chi connectivity index (χ0) is 32.8. The first-order chi connectivity index (χ1) is 21.1. The molecule has 0 spiro atoms. The van der Waals surface area contributed by atoms with Gasteiger partial charge in [-0.25, -0.2) is 34.4 Å². The highest BCUT2D eigenvalue weighted by atomic mass is 32.2. The number of primary amides is 1. The van der Waals surface area contributed by atoms with Crippen molar-refractivity contribution in [3.05, 3.63) is 45.5 Å². The van der Waals surface area contributed by atoms with Crippen molar-refractivity contribution >= 4 is 81.2 Å². The molecule has 0 aromatic carbocycles. The van der Waals surface area contributed by atoms with E-state index in [1.807, 2.05) is 0 Å². The molecule has 5 rings (SSSR count). The lowest BCUT2D eigenvalue weighted by molar-refractivity contribution is -0.153. The summed E-state index contributed by atoms with van der Waals surface area (Å²) in [6, 6.07) is -1.82. The van der Waals surface area contributed by atoms with Crippen LogP contribution in [0.5, 0.6) is 0 Å². The zero-order valence-corrected chi connectivity index (χ0v) is 26.7. The minimum absolute atomic E-state index is 0.0452. The van der Waals surface area contributed by atoms with Gasteiger partial charge in [-0.3, -0.25) is 14.5 Å². The Kier molecular flexibility index (Phi) is 8.66. The van der Waals surface area contributed by atoms with Crippen LogP contribution in [0, 0.1) is 5.41 Å². The normalized spacial score (nSPS) is 21.3. The van der Waals surface area contributed by atoms with Gasteiger partial charge in [0.1, 0.15) is 22.8 Å². The van der Waals surface area contributed by atoms with E-state index in [0.29, 0.717) is 22.1 Å². The van der Waals surface area contributed by atoms with Crippen LogP contribution in [0.3, 0.4) is 0 Å². The van der Waals surface area contributed by atoms with Crippen molar-refractivity contribution < 1.29 is 33.9 Å². The number of hydrogen-bond acceptors (Lipinski definition) is 15. The van der Waals surface area contributed by atoms with Crippen LogP contribution in [0.25, 0.3) is 0 Å². The number of nitrogens with zero attached hydrogens (tertiary/aromatic N) is 6. The Balaban J connectivity index is 1.31. The number of hydrogen-bond donors (Lipinski definition) is 5. The SMILES string of the molecule is CC1=NC2=CN(C(N)=O)NN2C(SCC2=C(C(=O)O)N3C(=O)[C@@H](NC(=O)/C(=N\OC(=O)C(C)(C)C)c4csc(N)n4)[C@H]3SC2)=C1. The predicted octanol–water partition coefficient (Wildman–Crippen LogP) is 0.721. The molecule has 0 saturated carbocycles. The van der Waals surface area contributed by atoms with Crippen LogP contribution in [0.4, 0.5) is 9.93 Å². The Hall–Kier alpha value is -4.40. The Morgan fingerprint density at radius 1 is 1.31 bits per heavy atom. The van der Waals surface area contributed by atoms with E-state index < -0.39 is 46.6 Å². The van der Waals surface area contributed by atoms with Crippen molar-refractivity contribution in [2.24, 2.45) is 21.3 Å². The zero-order valence-electron chi connectivity index (χ0n) is 24.3. The summed E-state index contributed by atoms with van der Waals surface area (Å²) in [6.45, 7) is 6.62. The van der Waals surface area contributed by atoms with Crippen molar-refractivity contribution in [3.8, 4) is 0 Å². The summed E-state index contributed by atoms with van der Waals surface area (Å²) in [5, 5.41) is 20.5. The second-order valence-corrected chi connectivity index (χ2v) is 13.9. The number of amides is 4. The van der Waals surface area contributed by atoms with Crippen molar-refractivity contribution in [2.45, 2.75) is 39.1 Å². The minimum Gasteiger partial charge on any atom is -0.477 e. The summed E-state index contributed by atoms with van der Waals surface area (Å²) in [6.07, 6.45) is 3.19. The van der Waals surface area contributed by atoms with Crippen LogP contribution in [0.2, 0.25) is 0 Å². The van der Waals surface area contributed by atoms with Gasteiger partial charge in [0.25, 0.3) is 11.8 Å². The molecule has 0 unspecified atom stereocenters. The van der Waals surface area contributed by atoms with E-state index in [1.54, 1.807) is 33.8 Å². The van der Waals surface area contributed by atoms with E-state index in [0.717, 1.165) is 21.2 Å². The molecule has 45 heavy (non-hydrogen) atoms. The number of urea groups is 1. The Morgan fingerprint density at radius 3 is 2.67 bits per heavy atom. The summed E-state index contributed by atoms with van der Waals surface area (Å²) < 4.78 is 0. The van der Waals surface area contributed by atoms with Crippen molar-refractivity contribution in [1.82, 2.24) is 30.8 Å². The number of nitrogens with one attached hydrogen (secondary N) is 2. The van der Waals surface area contributed by atoms with E-state index in [1.165, 1.54) is 40.1 Å². The first-order valence-corrected chi connectivity index (χ1v) is 16.1. The number of rotatable bonds is 8. The van der Waals surface area contributed by atoms with Crippen molar-refractivity contribution in [2.75, 3.05) is 17.2 Å². The fraction of sp³-hybridized carbons (Fsp3) is 0.360. The number of thiazole rings is 1. The van der Waals surface area contributed by atoms with Crippen LogP contribution in [-0.4, -0.2) is 89.1 Å². The summed E-state index contributed by atoms with van der Waals surface area (Å²) in [5.41, 5.74) is 13.6. The minimum atomic E-state index is -1.29. The molecular weight excluding hydrogens is 649 g/mol. The number of oxime groups is 1. The first-order valence-electron chi connectivity index (χ1n) is 13.1. The van der Waals surface area contributed by atoms with Gasteiger partial charge in [-0.1, -0.05) is 5.16 Å². The number of nitrogens with two attached hydrogens (primary N) is 2. The number of hydrazine groups is 2. The van der Waals surface area contributed by atoms with Gasteiger partial charge in [0, 0.05) is 22.6 Å². The average Bonchev–Trinajstić information content (AvgIpc) is 3.59. The lowest BCUT2D eigenvalue weighted by Gasteiger charge is -2.49. The predicted molar refractivity (Wildman–Crippen MR) is 166 cm³/mol. The number of aromatic nitrogens is 1. The molecule has 1 aromatic heterocycles. The van der Waals surface area contributed by atoms with Crippen LogP contribution >= 0.6 is 34.9 Å². The molecule has 4 aliphatic rings. The average molecular weight is 677 g/mol. The fourth-order valence-electron chi connectivity index (χ4n) is 4.27. The van der Waals surface area contributed by atoms with Gasteiger partial charge in [-0.05, 0) is 39.3 Å². The van der Waals surface area contributed by atoms with Gasteiger partial charge < -0.3 is 26.7 Å². The van der Waals surface area contributed by atoms with Crippen LogP contribution < -0.4 is 22.3 Å². The number of anilines is 1. The lowest BCUT2D eigenvalue weighted by Crippen LogP contribution is -2.71. The van der Waals surface area contributed by atoms with E-state index in [9.17, 15) is 29.1 Å². The van der Waals surface area contributed by atoms with Crippen LogP contribution in [0.15, 0.2) is 49.9 Å². The molecule has 20 heteroatoms. The smallest absolute Gasteiger partial charge is 0.352 e. The number of carboxylic acid groups (broad SMARTS) is 1. The fourth-order valence-corrected chi connectivity index (χ4v) is 7.37. The summed E-state index contributed by atoms with van der Waals surface area (Å²) in [4.78, 5) is 77.4. The topological polar surface area (TPSA) is 238 Å². The monoisotopic (exact) mass is 676 g/mol. The van der Waals surface area contributed by atoms with E-state index >= 15 is 0 Å². The molecule has 0 bridgehead atoms. The highest BCUT2D eigenvalue weighted by Gasteiger charge is 2.54. The molecule has 238 valence electrons.